The molecule has 0 spiro atoms. The molecular weight excluding hydrogens is 226 g/mol. The molecule has 0 atom stereocenters. The second kappa shape index (κ2) is 4.76. The molecule has 1 heterocycles. The van der Waals surface area contributed by atoms with Crippen LogP contribution in [0.3, 0.4) is 0 Å². The van der Waals surface area contributed by atoms with Crippen molar-refractivity contribution in [2.24, 2.45) is 0 Å². The van der Waals surface area contributed by atoms with Gasteiger partial charge in [-0.25, -0.2) is 4.98 Å². The maximum atomic E-state index is 9.01. The third-order valence-corrected chi connectivity index (χ3v) is 2.61. The van der Waals surface area contributed by atoms with E-state index in [0.29, 0.717) is 17.0 Å². The van der Waals surface area contributed by atoms with Crippen molar-refractivity contribution in [3.05, 3.63) is 47.2 Å². The van der Waals surface area contributed by atoms with E-state index >= 15 is 0 Å². The van der Waals surface area contributed by atoms with Gasteiger partial charge in [-0.2, -0.15) is 5.26 Å². The molecule has 0 bridgehead atoms. The molecule has 18 heavy (non-hydrogen) atoms. The van der Waals surface area contributed by atoms with Gasteiger partial charge in [0.25, 0.3) is 0 Å². The van der Waals surface area contributed by atoms with Gasteiger partial charge in [0.05, 0.1) is 5.69 Å². The monoisotopic (exact) mass is 239 g/mol. The van der Waals surface area contributed by atoms with Gasteiger partial charge in [-0.3, -0.25) is 0 Å². The predicted octanol–water partition coefficient (Wildman–Crippen LogP) is 2.94. The lowest BCUT2D eigenvalue weighted by molar-refractivity contribution is 0.462. The van der Waals surface area contributed by atoms with E-state index in [4.69, 9.17) is 15.7 Å². The highest BCUT2D eigenvalue weighted by molar-refractivity contribution is 5.59. The maximum Gasteiger partial charge on any atom is 0.237 e. The summed E-state index contributed by atoms with van der Waals surface area (Å²) >= 11 is 0. The number of rotatable bonds is 2. The maximum absolute atomic E-state index is 9.01. The number of nitrogen functional groups attached to an aromatic ring is 1. The first-order valence-electron chi connectivity index (χ1n) is 5.52. The van der Waals surface area contributed by atoms with Gasteiger partial charge in [-0.15, -0.1) is 0 Å². The van der Waals surface area contributed by atoms with Crippen molar-refractivity contribution in [2.75, 3.05) is 5.73 Å². The Balaban J connectivity index is 2.43. The van der Waals surface area contributed by atoms with E-state index in [1.165, 1.54) is 0 Å². The summed E-state index contributed by atoms with van der Waals surface area (Å²) in [7, 11) is 0. The number of benzene rings is 1. The Morgan fingerprint density at radius 1 is 1.22 bits per heavy atom. The van der Waals surface area contributed by atoms with Gasteiger partial charge in [-0.1, -0.05) is 12.1 Å². The summed E-state index contributed by atoms with van der Waals surface area (Å²) in [5, 5.41) is 9.01. The molecule has 0 aliphatic rings. The van der Waals surface area contributed by atoms with Crippen molar-refractivity contribution in [3.8, 4) is 17.7 Å². The number of anilines is 1. The number of nitrogens with zero attached hydrogens (tertiary/aromatic N) is 2. The molecule has 0 saturated carbocycles. The summed E-state index contributed by atoms with van der Waals surface area (Å²) in [4.78, 5) is 4.21. The van der Waals surface area contributed by atoms with Crippen molar-refractivity contribution < 1.29 is 4.74 Å². The summed E-state index contributed by atoms with van der Waals surface area (Å²) in [6, 6.07) is 11.0. The SMILES string of the molecule is Cc1ccc(C#N)c(Oc2cccc(C)c2N)n1. The molecule has 2 rings (SSSR count). The van der Waals surface area contributed by atoms with Gasteiger partial charge in [-0.05, 0) is 37.6 Å². The molecule has 0 fully saturated rings. The number of para-hydroxylation sites is 1. The summed E-state index contributed by atoms with van der Waals surface area (Å²) in [6.07, 6.45) is 0. The molecule has 2 N–H and O–H groups in total. The largest absolute Gasteiger partial charge is 0.435 e. The topological polar surface area (TPSA) is 71.9 Å². The quantitative estimate of drug-likeness (QED) is 0.818. The molecule has 1 aromatic heterocycles. The van der Waals surface area contributed by atoms with E-state index in [1.807, 2.05) is 32.0 Å². The van der Waals surface area contributed by atoms with Crippen LogP contribution in [0.15, 0.2) is 30.3 Å². The lowest BCUT2D eigenvalue weighted by atomic mass is 10.2. The summed E-state index contributed by atoms with van der Waals surface area (Å²) < 4.78 is 5.63. The number of hydrogen-bond donors (Lipinski definition) is 1. The minimum Gasteiger partial charge on any atom is -0.435 e. The number of aromatic nitrogens is 1. The molecule has 0 unspecified atom stereocenters. The van der Waals surface area contributed by atoms with Gasteiger partial charge in [0, 0.05) is 5.69 Å². The Labute approximate surface area is 106 Å². The van der Waals surface area contributed by atoms with Crippen molar-refractivity contribution in [2.45, 2.75) is 13.8 Å². The minimum absolute atomic E-state index is 0.287. The number of ether oxygens (including phenoxy) is 1. The first-order valence-corrected chi connectivity index (χ1v) is 5.52. The fourth-order valence-electron chi connectivity index (χ4n) is 1.54. The Morgan fingerprint density at radius 3 is 2.72 bits per heavy atom. The van der Waals surface area contributed by atoms with Crippen LogP contribution in [0.25, 0.3) is 0 Å². The number of hydrogen-bond acceptors (Lipinski definition) is 4. The highest BCUT2D eigenvalue weighted by atomic mass is 16.5. The zero-order valence-electron chi connectivity index (χ0n) is 10.3. The Kier molecular flexibility index (Phi) is 3.16. The average Bonchev–Trinajstić information content (AvgIpc) is 2.35. The first kappa shape index (κ1) is 11.9. The average molecular weight is 239 g/mol. The lowest BCUT2D eigenvalue weighted by Crippen LogP contribution is -1.98. The number of aryl methyl sites for hydroxylation is 2. The number of nitrogens with two attached hydrogens (primary N) is 1. The van der Waals surface area contributed by atoms with Gasteiger partial charge in [0.1, 0.15) is 11.6 Å². The van der Waals surface area contributed by atoms with E-state index in [0.717, 1.165) is 11.3 Å². The molecule has 1 aromatic carbocycles. The van der Waals surface area contributed by atoms with Crippen LogP contribution in [0.5, 0.6) is 11.6 Å². The van der Waals surface area contributed by atoms with Gasteiger partial charge in [0.15, 0.2) is 5.75 Å². The second-order valence-electron chi connectivity index (χ2n) is 4.01. The standard InChI is InChI=1S/C14H13N3O/c1-9-4-3-5-12(13(9)16)18-14-11(8-15)7-6-10(2)17-14/h3-7H,16H2,1-2H3. The van der Waals surface area contributed by atoms with Crippen molar-refractivity contribution in [1.82, 2.24) is 4.98 Å². The lowest BCUT2D eigenvalue weighted by Gasteiger charge is -2.10. The third-order valence-electron chi connectivity index (χ3n) is 2.61. The van der Waals surface area contributed by atoms with Crippen LogP contribution in [0, 0.1) is 25.2 Å². The first-order chi connectivity index (χ1) is 8.61. The Bertz CT molecular complexity index is 629. The Hall–Kier alpha value is -2.54. The van der Waals surface area contributed by atoms with Gasteiger partial charge in [0.2, 0.25) is 5.88 Å². The third kappa shape index (κ3) is 2.25. The fraction of sp³-hybridized carbons (Fsp3) is 0.143. The summed E-state index contributed by atoms with van der Waals surface area (Å²) in [5.41, 5.74) is 8.59. The predicted molar refractivity (Wildman–Crippen MR) is 69.4 cm³/mol. The van der Waals surface area contributed by atoms with E-state index in [9.17, 15) is 0 Å². The molecule has 4 heteroatoms. The number of pyridine rings is 1. The van der Waals surface area contributed by atoms with E-state index in [2.05, 4.69) is 4.98 Å². The highest BCUT2D eigenvalue weighted by Gasteiger charge is 2.09. The smallest absolute Gasteiger partial charge is 0.237 e. The molecule has 0 aliphatic carbocycles. The molecule has 0 radical (unpaired) electrons. The van der Waals surface area contributed by atoms with Crippen molar-refractivity contribution >= 4 is 5.69 Å². The number of nitriles is 1. The Morgan fingerprint density at radius 2 is 2.00 bits per heavy atom. The van der Waals surface area contributed by atoms with E-state index in [-0.39, 0.29) is 5.88 Å². The summed E-state index contributed by atoms with van der Waals surface area (Å²) in [6.45, 7) is 3.74. The van der Waals surface area contributed by atoms with Crippen molar-refractivity contribution in [3.63, 3.8) is 0 Å². The molecule has 0 saturated heterocycles. The molecule has 0 amide bonds. The molecular formula is C14H13N3O. The fourth-order valence-corrected chi connectivity index (χ4v) is 1.54. The van der Waals surface area contributed by atoms with Crippen LogP contribution in [0.2, 0.25) is 0 Å². The van der Waals surface area contributed by atoms with E-state index in [1.54, 1.807) is 18.2 Å². The van der Waals surface area contributed by atoms with Crippen LogP contribution in [-0.2, 0) is 0 Å². The molecule has 0 aliphatic heterocycles. The molecule has 90 valence electrons. The zero-order valence-corrected chi connectivity index (χ0v) is 10.3. The minimum atomic E-state index is 0.287. The summed E-state index contributed by atoms with van der Waals surface area (Å²) in [5.74, 6) is 0.805. The highest BCUT2D eigenvalue weighted by Crippen LogP contribution is 2.30. The zero-order chi connectivity index (χ0) is 13.1. The van der Waals surface area contributed by atoms with Crippen LogP contribution in [0.4, 0.5) is 5.69 Å². The van der Waals surface area contributed by atoms with Crippen LogP contribution in [-0.4, -0.2) is 4.98 Å². The van der Waals surface area contributed by atoms with Gasteiger partial charge < -0.3 is 10.5 Å². The van der Waals surface area contributed by atoms with Gasteiger partial charge >= 0.3 is 0 Å². The van der Waals surface area contributed by atoms with Crippen LogP contribution < -0.4 is 10.5 Å². The van der Waals surface area contributed by atoms with Crippen molar-refractivity contribution in [1.29, 1.82) is 5.26 Å². The molecule has 2 aromatic rings. The van der Waals surface area contributed by atoms with Crippen LogP contribution >= 0.6 is 0 Å². The normalized spacial score (nSPS) is 9.83. The molecule has 4 nitrogen and oxygen atoms in total. The van der Waals surface area contributed by atoms with E-state index < -0.39 is 0 Å². The van der Waals surface area contributed by atoms with Crippen LogP contribution in [0.1, 0.15) is 16.8 Å². The second-order valence-corrected chi connectivity index (χ2v) is 4.01.